The molecule has 5 rings (SSSR count). The van der Waals surface area contributed by atoms with Gasteiger partial charge in [-0.15, -0.1) is 11.3 Å². The number of nitrogens with zero attached hydrogens (tertiary/aromatic N) is 1. The van der Waals surface area contributed by atoms with Crippen LogP contribution in [0.1, 0.15) is 29.9 Å². The van der Waals surface area contributed by atoms with E-state index in [0.717, 1.165) is 57.5 Å². The summed E-state index contributed by atoms with van der Waals surface area (Å²) in [5.74, 6) is 0.349. The van der Waals surface area contributed by atoms with Gasteiger partial charge in [-0.2, -0.15) is 16.5 Å². The highest BCUT2D eigenvalue weighted by Gasteiger charge is 2.63. The van der Waals surface area contributed by atoms with Gasteiger partial charge in [0.15, 0.2) is 0 Å². The van der Waals surface area contributed by atoms with Crippen molar-refractivity contribution < 1.29 is 23.1 Å². The molecule has 1 aromatic heterocycles. The highest BCUT2D eigenvalue weighted by atomic mass is 35.5. The zero-order valence-electron chi connectivity index (χ0n) is 20.4. The second kappa shape index (κ2) is 11.0. The van der Waals surface area contributed by atoms with E-state index in [1.54, 1.807) is 30.3 Å². The van der Waals surface area contributed by atoms with E-state index in [9.17, 15) is 23.1 Å². The fraction of sp³-hybridized carbons (Fsp3) is 0.333. The number of rotatable bonds is 9. The fourth-order valence-corrected chi connectivity index (χ4v) is 8.52. The average Bonchev–Trinajstić information content (AvgIpc) is 3.41. The number of thiophene rings is 1. The fourth-order valence-electron chi connectivity index (χ4n) is 4.77. The highest BCUT2D eigenvalue weighted by Crippen LogP contribution is 2.53. The predicted octanol–water partition coefficient (Wildman–Crippen LogP) is 4.87. The van der Waals surface area contributed by atoms with Gasteiger partial charge in [0.25, 0.3) is 10.0 Å². The molecule has 200 valence electrons. The summed E-state index contributed by atoms with van der Waals surface area (Å²) in [6.07, 6.45) is 1.10. The Balaban J connectivity index is 1.28. The molecule has 38 heavy (non-hydrogen) atoms. The largest absolute Gasteiger partial charge is 0.480 e. The van der Waals surface area contributed by atoms with Gasteiger partial charge in [0.1, 0.15) is 9.75 Å². The molecule has 0 radical (unpaired) electrons. The van der Waals surface area contributed by atoms with Crippen molar-refractivity contribution in [3.8, 4) is 10.4 Å². The third-order valence-corrected chi connectivity index (χ3v) is 11.3. The van der Waals surface area contributed by atoms with Crippen LogP contribution in [0, 0.1) is 0 Å². The summed E-state index contributed by atoms with van der Waals surface area (Å²) in [7, 11) is -4.07. The third kappa shape index (κ3) is 5.79. The van der Waals surface area contributed by atoms with Gasteiger partial charge < -0.3 is 10.0 Å². The molecule has 11 heteroatoms. The number of thioether (sulfide) groups is 1. The van der Waals surface area contributed by atoms with Crippen molar-refractivity contribution in [3.05, 3.63) is 76.8 Å². The van der Waals surface area contributed by atoms with Crippen LogP contribution in [-0.4, -0.2) is 60.4 Å². The number of benzene rings is 2. The quantitative estimate of drug-likeness (QED) is 0.369. The SMILES string of the molecule is O=C(CCc1cccc(C2CC2(NS(=O)(=O)c2ccc(-c3ccc(Cl)cc3)s2)C(=O)O)c1)N1CCSCC1. The summed E-state index contributed by atoms with van der Waals surface area (Å²) in [5, 5.41) is 10.6. The number of carbonyl (C=O) groups excluding carboxylic acids is 1. The number of hydrogen-bond acceptors (Lipinski definition) is 6. The van der Waals surface area contributed by atoms with Crippen molar-refractivity contribution in [3.63, 3.8) is 0 Å². The Labute approximate surface area is 235 Å². The monoisotopic (exact) mass is 590 g/mol. The van der Waals surface area contributed by atoms with Crippen LogP contribution in [0.15, 0.2) is 64.9 Å². The van der Waals surface area contributed by atoms with Gasteiger partial charge >= 0.3 is 5.97 Å². The number of amides is 1. The molecule has 2 aromatic carbocycles. The molecular formula is C27H27ClN2O5S3. The van der Waals surface area contributed by atoms with Gasteiger partial charge in [0, 0.05) is 46.8 Å². The van der Waals surface area contributed by atoms with Gasteiger partial charge in [-0.25, -0.2) is 8.42 Å². The topological polar surface area (TPSA) is 104 Å². The van der Waals surface area contributed by atoms with E-state index in [-0.39, 0.29) is 16.5 Å². The zero-order chi connectivity index (χ0) is 26.9. The van der Waals surface area contributed by atoms with Gasteiger partial charge in [-0.1, -0.05) is 48.0 Å². The lowest BCUT2D eigenvalue weighted by molar-refractivity contribution is -0.140. The Morgan fingerprint density at radius 2 is 1.82 bits per heavy atom. The van der Waals surface area contributed by atoms with Crippen LogP contribution in [-0.2, 0) is 26.0 Å². The summed E-state index contributed by atoms with van der Waals surface area (Å²) in [4.78, 5) is 27.5. The minimum Gasteiger partial charge on any atom is -0.480 e. The van der Waals surface area contributed by atoms with Crippen LogP contribution in [0.3, 0.4) is 0 Å². The Hall–Kier alpha value is -2.37. The number of hydrogen-bond donors (Lipinski definition) is 2. The number of carboxylic acid groups (broad SMARTS) is 1. The highest BCUT2D eigenvalue weighted by molar-refractivity contribution is 7.99. The first-order valence-electron chi connectivity index (χ1n) is 12.3. The van der Waals surface area contributed by atoms with E-state index >= 15 is 0 Å². The maximum absolute atomic E-state index is 13.2. The summed E-state index contributed by atoms with van der Waals surface area (Å²) in [6.45, 7) is 1.55. The Morgan fingerprint density at radius 1 is 1.08 bits per heavy atom. The molecule has 3 aromatic rings. The summed E-state index contributed by atoms with van der Waals surface area (Å²) < 4.78 is 29.0. The number of carboxylic acids is 1. The van der Waals surface area contributed by atoms with Crippen molar-refractivity contribution >= 4 is 56.6 Å². The normalized spacial score (nSPS) is 21.3. The molecule has 1 saturated carbocycles. The van der Waals surface area contributed by atoms with E-state index in [1.807, 2.05) is 40.9 Å². The lowest BCUT2D eigenvalue weighted by Gasteiger charge is -2.26. The van der Waals surface area contributed by atoms with Crippen LogP contribution in [0.4, 0.5) is 0 Å². The number of carbonyl (C=O) groups is 2. The molecule has 2 aliphatic rings. The molecule has 2 N–H and O–H groups in total. The second-order valence-electron chi connectivity index (χ2n) is 9.50. The molecule has 2 heterocycles. The second-order valence-corrected chi connectivity index (χ2v) is 14.2. The Morgan fingerprint density at radius 3 is 2.53 bits per heavy atom. The van der Waals surface area contributed by atoms with Crippen molar-refractivity contribution in [2.75, 3.05) is 24.6 Å². The number of nitrogens with one attached hydrogen (secondary N) is 1. The minimum atomic E-state index is -4.07. The molecule has 0 bridgehead atoms. The molecule has 1 amide bonds. The van der Waals surface area contributed by atoms with E-state index in [4.69, 9.17) is 11.6 Å². The molecule has 2 unspecified atom stereocenters. The van der Waals surface area contributed by atoms with Gasteiger partial charge in [-0.05, 0) is 53.8 Å². The Bertz CT molecular complexity index is 1450. The zero-order valence-corrected chi connectivity index (χ0v) is 23.6. The molecular weight excluding hydrogens is 564 g/mol. The van der Waals surface area contributed by atoms with Gasteiger partial charge in [0.2, 0.25) is 5.91 Å². The molecule has 1 saturated heterocycles. The van der Waals surface area contributed by atoms with Crippen molar-refractivity contribution in [1.29, 1.82) is 0 Å². The van der Waals surface area contributed by atoms with E-state index in [2.05, 4.69) is 4.72 Å². The lowest BCUT2D eigenvalue weighted by atomic mass is 10.0. The number of sulfonamides is 1. The first-order chi connectivity index (χ1) is 18.2. The van der Waals surface area contributed by atoms with E-state index < -0.39 is 27.4 Å². The number of aryl methyl sites for hydroxylation is 1. The van der Waals surface area contributed by atoms with Gasteiger partial charge in [0.05, 0.1) is 0 Å². The number of halogens is 1. The average molecular weight is 591 g/mol. The van der Waals surface area contributed by atoms with Crippen LogP contribution in [0.25, 0.3) is 10.4 Å². The molecule has 0 spiro atoms. The molecule has 2 fully saturated rings. The summed E-state index contributed by atoms with van der Waals surface area (Å²) in [6, 6.07) is 17.7. The Kier molecular flexibility index (Phi) is 7.89. The maximum atomic E-state index is 13.2. The van der Waals surface area contributed by atoms with Gasteiger partial charge in [-0.3, -0.25) is 9.59 Å². The molecule has 7 nitrogen and oxygen atoms in total. The van der Waals surface area contributed by atoms with Crippen LogP contribution in [0.5, 0.6) is 0 Å². The first-order valence-corrected chi connectivity index (χ1v) is 16.1. The smallest absolute Gasteiger partial charge is 0.325 e. The summed E-state index contributed by atoms with van der Waals surface area (Å²) in [5.41, 5.74) is 0.903. The van der Waals surface area contributed by atoms with Crippen molar-refractivity contribution in [2.24, 2.45) is 0 Å². The number of aliphatic carboxylic acids is 1. The molecule has 1 aliphatic carbocycles. The molecule has 1 aliphatic heterocycles. The van der Waals surface area contributed by atoms with E-state index in [1.165, 1.54) is 6.07 Å². The summed E-state index contributed by atoms with van der Waals surface area (Å²) >= 11 is 8.88. The predicted molar refractivity (Wildman–Crippen MR) is 151 cm³/mol. The molecule has 2 atom stereocenters. The standard InChI is InChI=1S/C27H27ClN2O5S3/c28-21-7-5-19(6-8-21)23-9-11-25(37-23)38(34,35)29-27(26(32)33)17-22(27)20-3-1-2-18(16-20)4-10-24(31)30-12-14-36-15-13-30/h1-3,5-9,11,16,22,29H,4,10,12-15,17H2,(H,32,33). The van der Waals surface area contributed by atoms with Crippen LogP contribution < -0.4 is 4.72 Å². The third-order valence-electron chi connectivity index (χ3n) is 6.98. The lowest BCUT2D eigenvalue weighted by Crippen LogP contribution is -2.44. The minimum absolute atomic E-state index is 0.0529. The van der Waals surface area contributed by atoms with Crippen LogP contribution in [0.2, 0.25) is 5.02 Å². The first kappa shape index (κ1) is 27.2. The van der Waals surface area contributed by atoms with Crippen molar-refractivity contribution in [2.45, 2.75) is 34.9 Å². The maximum Gasteiger partial charge on any atom is 0.325 e. The van der Waals surface area contributed by atoms with Crippen molar-refractivity contribution in [1.82, 2.24) is 9.62 Å². The van der Waals surface area contributed by atoms with E-state index in [0.29, 0.717) is 17.9 Å². The van der Waals surface area contributed by atoms with Crippen LogP contribution >= 0.6 is 34.7 Å².